The van der Waals surface area contributed by atoms with Crippen molar-refractivity contribution in [3.05, 3.63) is 30.6 Å². The van der Waals surface area contributed by atoms with Crippen LogP contribution in [0.5, 0.6) is 5.75 Å². The summed E-state index contributed by atoms with van der Waals surface area (Å²) in [6.45, 7) is -0.0357. The van der Waals surface area contributed by atoms with Gasteiger partial charge in [0.2, 0.25) is 0 Å². The minimum atomic E-state index is -0.117. The minimum Gasteiger partial charge on any atom is -0.482 e. The fourth-order valence-corrected chi connectivity index (χ4v) is 1.52. The molecule has 1 aromatic heterocycles. The van der Waals surface area contributed by atoms with Crippen LogP contribution in [-0.4, -0.2) is 41.7 Å². The maximum atomic E-state index is 11.5. The number of anilines is 1. The number of aromatic amines is 1. The number of nitrogens with one attached hydrogen (secondary N) is 1. The summed E-state index contributed by atoms with van der Waals surface area (Å²) in [5, 5.41) is 6.63. The van der Waals surface area contributed by atoms with Crippen molar-refractivity contribution in [3.8, 4) is 16.9 Å². The zero-order valence-electron chi connectivity index (χ0n) is 10.9. The number of hydrogen-bond acceptors (Lipinski definition) is 4. The summed E-state index contributed by atoms with van der Waals surface area (Å²) in [5.41, 5.74) is 8.19. The predicted molar refractivity (Wildman–Crippen MR) is 72.6 cm³/mol. The summed E-state index contributed by atoms with van der Waals surface area (Å²) in [6.07, 6.45) is 3.49. The molecule has 6 heteroatoms. The first-order valence-electron chi connectivity index (χ1n) is 5.79. The molecule has 1 heterocycles. The molecule has 1 amide bonds. The lowest BCUT2D eigenvalue weighted by molar-refractivity contribution is -0.130. The van der Waals surface area contributed by atoms with Crippen LogP contribution in [0.3, 0.4) is 0 Å². The van der Waals surface area contributed by atoms with Crippen LogP contribution in [0.2, 0.25) is 0 Å². The molecule has 0 aliphatic carbocycles. The largest absolute Gasteiger partial charge is 0.482 e. The van der Waals surface area contributed by atoms with Crippen LogP contribution in [0.25, 0.3) is 11.1 Å². The number of carbonyl (C=O) groups excluding carboxylic acids is 1. The SMILES string of the molecule is CN(C)C(=O)COc1cc(-c2cn[nH]c2)ccc1N. The molecule has 0 spiro atoms. The molecule has 2 rings (SSSR count). The van der Waals surface area contributed by atoms with Gasteiger partial charge in [-0.1, -0.05) is 6.07 Å². The van der Waals surface area contributed by atoms with Gasteiger partial charge in [0.15, 0.2) is 6.61 Å². The first-order valence-corrected chi connectivity index (χ1v) is 5.79. The Morgan fingerprint density at radius 2 is 2.21 bits per heavy atom. The number of likely N-dealkylation sites (N-methyl/N-ethyl adjacent to an activating group) is 1. The Morgan fingerprint density at radius 1 is 1.42 bits per heavy atom. The maximum absolute atomic E-state index is 11.5. The van der Waals surface area contributed by atoms with E-state index in [0.29, 0.717) is 11.4 Å². The van der Waals surface area contributed by atoms with E-state index < -0.39 is 0 Å². The van der Waals surface area contributed by atoms with E-state index in [1.165, 1.54) is 4.90 Å². The van der Waals surface area contributed by atoms with Crippen molar-refractivity contribution in [3.63, 3.8) is 0 Å². The van der Waals surface area contributed by atoms with Gasteiger partial charge in [-0.05, 0) is 17.7 Å². The number of hydrogen-bond donors (Lipinski definition) is 2. The van der Waals surface area contributed by atoms with Gasteiger partial charge in [-0.3, -0.25) is 9.89 Å². The highest BCUT2D eigenvalue weighted by Gasteiger charge is 2.09. The van der Waals surface area contributed by atoms with Gasteiger partial charge in [0.05, 0.1) is 11.9 Å². The Morgan fingerprint density at radius 3 is 2.84 bits per heavy atom. The third-order valence-corrected chi connectivity index (χ3v) is 2.70. The normalized spacial score (nSPS) is 10.2. The fourth-order valence-electron chi connectivity index (χ4n) is 1.52. The Bertz CT molecular complexity index is 564. The molecule has 0 fully saturated rings. The van der Waals surface area contributed by atoms with Gasteiger partial charge in [-0.2, -0.15) is 5.10 Å². The number of amides is 1. The van der Waals surface area contributed by atoms with Crippen LogP contribution in [0.1, 0.15) is 0 Å². The highest BCUT2D eigenvalue weighted by Crippen LogP contribution is 2.28. The van der Waals surface area contributed by atoms with E-state index in [0.717, 1.165) is 11.1 Å². The van der Waals surface area contributed by atoms with E-state index in [1.54, 1.807) is 38.6 Å². The number of rotatable bonds is 4. The van der Waals surface area contributed by atoms with E-state index in [1.807, 2.05) is 6.07 Å². The molecule has 2 aromatic rings. The van der Waals surface area contributed by atoms with Crippen LogP contribution in [-0.2, 0) is 4.79 Å². The second-order valence-electron chi connectivity index (χ2n) is 4.32. The first kappa shape index (κ1) is 12.9. The van der Waals surface area contributed by atoms with Gasteiger partial charge >= 0.3 is 0 Å². The molecule has 0 bridgehead atoms. The summed E-state index contributed by atoms with van der Waals surface area (Å²) < 4.78 is 5.45. The van der Waals surface area contributed by atoms with E-state index >= 15 is 0 Å². The monoisotopic (exact) mass is 260 g/mol. The van der Waals surface area contributed by atoms with Gasteiger partial charge in [0.25, 0.3) is 5.91 Å². The van der Waals surface area contributed by atoms with E-state index in [2.05, 4.69) is 10.2 Å². The average Bonchev–Trinajstić information content (AvgIpc) is 2.91. The molecule has 1 aromatic carbocycles. The van der Waals surface area contributed by atoms with Gasteiger partial charge in [-0.25, -0.2) is 0 Å². The van der Waals surface area contributed by atoms with Gasteiger partial charge in [0.1, 0.15) is 5.75 Å². The van der Waals surface area contributed by atoms with Crippen LogP contribution < -0.4 is 10.5 Å². The highest BCUT2D eigenvalue weighted by molar-refractivity contribution is 5.77. The highest BCUT2D eigenvalue weighted by atomic mass is 16.5. The Balaban J connectivity index is 2.16. The second-order valence-corrected chi connectivity index (χ2v) is 4.32. The van der Waals surface area contributed by atoms with Crippen molar-refractivity contribution in [2.75, 3.05) is 26.4 Å². The van der Waals surface area contributed by atoms with Gasteiger partial charge in [0, 0.05) is 25.9 Å². The summed E-state index contributed by atoms with van der Waals surface area (Å²) in [7, 11) is 3.36. The van der Waals surface area contributed by atoms with Crippen LogP contribution in [0.4, 0.5) is 5.69 Å². The molecular formula is C13H16N4O2. The number of benzene rings is 1. The van der Waals surface area contributed by atoms with Crippen molar-refractivity contribution >= 4 is 11.6 Å². The summed E-state index contributed by atoms with van der Waals surface area (Å²) in [4.78, 5) is 13.0. The molecule has 0 radical (unpaired) electrons. The molecule has 0 saturated carbocycles. The first-order chi connectivity index (χ1) is 9.08. The summed E-state index contributed by atoms with van der Waals surface area (Å²) in [5.74, 6) is 0.377. The number of aromatic nitrogens is 2. The zero-order valence-corrected chi connectivity index (χ0v) is 10.9. The Hall–Kier alpha value is -2.50. The van der Waals surface area contributed by atoms with Crippen molar-refractivity contribution in [2.45, 2.75) is 0 Å². The summed E-state index contributed by atoms with van der Waals surface area (Å²) in [6, 6.07) is 5.42. The molecule has 0 unspecified atom stereocenters. The van der Waals surface area contributed by atoms with Crippen LogP contribution >= 0.6 is 0 Å². The number of nitrogen functional groups attached to an aromatic ring is 1. The van der Waals surface area contributed by atoms with Crippen molar-refractivity contribution < 1.29 is 9.53 Å². The molecule has 0 atom stereocenters. The van der Waals surface area contributed by atoms with E-state index in [-0.39, 0.29) is 12.5 Å². The van der Waals surface area contributed by atoms with Crippen molar-refractivity contribution in [1.82, 2.24) is 15.1 Å². The van der Waals surface area contributed by atoms with Crippen LogP contribution in [0.15, 0.2) is 30.6 Å². The maximum Gasteiger partial charge on any atom is 0.259 e. The molecule has 100 valence electrons. The standard InChI is InChI=1S/C13H16N4O2/c1-17(2)13(18)8-19-12-5-9(3-4-11(12)14)10-6-15-16-7-10/h3-7H,8,14H2,1-2H3,(H,15,16). The molecular weight excluding hydrogens is 244 g/mol. The lowest BCUT2D eigenvalue weighted by Crippen LogP contribution is -2.27. The van der Waals surface area contributed by atoms with Crippen LogP contribution in [0, 0.1) is 0 Å². The van der Waals surface area contributed by atoms with E-state index in [9.17, 15) is 4.79 Å². The zero-order chi connectivity index (χ0) is 13.8. The number of nitrogens with two attached hydrogens (primary N) is 1. The van der Waals surface area contributed by atoms with Crippen molar-refractivity contribution in [2.24, 2.45) is 0 Å². The predicted octanol–water partition coefficient (Wildman–Crippen LogP) is 1.13. The van der Waals surface area contributed by atoms with Gasteiger partial charge in [-0.15, -0.1) is 0 Å². The van der Waals surface area contributed by atoms with Crippen molar-refractivity contribution in [1.29, 1.82) is 0 Å². The molecule has 6 nitrogen and oxygen atoms in total. The third-order valence-electron chi connectivity index (χ3n) is 2.70. The fraction of sp³-hybridized carbons (Fsp3) is 0.231. The van der Waals surface area contributed by atoms with E-state index in [4.69, 9.17) is 10.5 Å². The lowest BCUT2D eigenvalue weighted by Gasteiger charge is -2.13. The third kappa shape index (κ3) is 3.04. The Labute approximate surface area is 111 Å². The quantitative estimate of drug-likeness (QED) is 0.807. The second kappa shape index (κ2) is 5.43. The summed E-state index contributed by atoms with van der Waals surface area (Å²) >= 11 is 0. The molecule has 0 aliphatic rings. The Kier molecular flexibility index (Phi) is 3.70. The lowest BCUT2D eigenvalue weighted by atomic mass is 10.1. The topological polar surface area (TPSA) is 84.2 Å². The molecule has 0 aliphatic heterocycles. The molecule has 19 heavy (non-hydrogen) atoms. The number of nitrogens with zero attached hydrogens (tertiary/aromatic N) is 2. The number of H-pyrrole nitrogens is 1. The number of ether oxygens (including phenoxy) is 1. The average molecular weight is 260 g/mol. The molecule has 0 saturated heterocycles. The van der Waals surface area contributed by atoms with Gasteiger partial charge < -0.3 is 15.4 Å². The number of carbonyl (C=O) groups is 1. The minimum absolute atomic E-state index is 0.0357. The smallest absolute Gasteiger partial charge is 0.259 e. The molecule has 3 N–H and O–H groups in total.